The van der Waals surface area contributed by atoms with Gasteiger partial charge in [0.15, 0.2) is 17.5 Å². The Labute approximate surface area is 398 Å². The van der Waals surface area contributed by atoms with Crippen LogP contribution < -0.4 is 0 Å². The summed E-state index contributed by atoms with van der Waals surface area (Å²) in [5.41, 5.74) is -7.75. The van der Waals surface area contributed by atoms with Gasteiger partial charge in [-0.25, -0.2) is 9.59 Å². The Kier molecular flexibility index (Phi) is 13.3. The van der Waals surface area contributed by atoms with Gasteiger partial charge in [0, 0.05) is 18.8 Å². The minimum Gasteiger partial charge on any atom is -0.461 e. The molecule has 2 heterocycles. The first-order valence-corrected chi connectivity index (χ1v) is 22.5. The van der Waals surface area contributed by atoms with Gasteiger partial charge in [-0.05, 0) is 42.2 Å². The molecule has 0 unspecified atom stereocenters. The molecule has 346 valence electrons. The summed E-state index contributed by atoms with van der Waals surface area (Å²) in [7, 11) is 0. The molecule has 2 saturated heterocycles. The Bertz CT molecular complexity index is 2240. The molecule has 0 radical (unpaired) electrons. The molecule has 14 nitrogen and oxygen atoms in total. The molecule has 2 saturated carbocycles. The van der Waals surface area contributed by atoms with E-state index in [1.54, 1.807) is 48.5 Å². The minimum absolute atomic E-state index is 0.0214. The first kappa shape index (κ1) is 48.7. The summed E-state index contributed by atoms with van der Waals surface area (Å²) in [5, 5.41) is 13.9. The summed E-state index contributed by atoms with van der Waals surface area (Å²) < 4.78 is 37.3. The molecule has 11 atom stereocenters. The zero-order valence-electron chi connectivity index (χ0n) is 35.0. The van der Waals surface area contributed by atoms with Crippen LogP contribution in [0.15, 0.2) is 71.8 Å². The number of benzene rings is 2. The van der Waals surface area contributed by atoms with Gasteiger partial charge in [0.05, 0.1) is 29.4 Å². The highest BCUT2D eigenvalue weighted by Crippen LogP contribution is 2.67. The van der Waals surface area contributed by atoms with Gasteiger partial charge in [0.1, 0.15) is 49.1 Å². The fraction of sp³-hybridized carbons (Fsp3) is 0.545. The Morgan fingerprint density at radius 3 is 1.95 bits per heavy atom. The van der Waals surface area contributed by atoms with E-state index in [0.29, 0.717) is 5.56 Å². The second-order valence-electron chi connectivity index (χ2n) is 17.5. The monoisotopic (exact) mass is 1010 g/mol. The summed E-state index contributed by atoms with van der Waals surface area (Å²) in [6.07, 6.45) is -7.17. The maximum atomic E-state index is 16.2. The largest absolute Gasteiger partial charge is 0.461 e. The molecule has 1 N–H and O–H groups in total. The highest BCUT2D eigenvalue weighted by Gasteiger charge is 2.79. The number of halogens is 6. The third-order valence-electron chi connectivity index (χ3n) is 13.4. The lowest BCUT2D eigenvalue weighted by molar-refractivity contribution is -0.339. The van der Waals surface area contributed by atoms with Crippen molar-refractivity contribution in [1.29, 1.82) is 0 Å². The number of esters is 5. The van der Waals surface area contributed by atoms with E-state index in [0.717, 1.165) is 6.92 Å². The number of hydrogen-bond donors (Lipinski definition) is 1. The van der Waals surface area contributed by atoms with Gasteiger partial charge < -0.3 is 38.3 Å². The number of aliphatic hydroxyl groups is 1. The maximum Gasteiger partial charge on any atom is 0.339 e. The lowest BCUT2D eigenvalue weighted by Crippen LogP contribution is -2.81. The van der Waals surface area contributed by atoms with Gasteiger partial charge in [0.2, 0.25) is 7.59 Å². The van der Waals surface area contributed by atoms with Crippen molar-refractivity contribution < 1.29 is 67.0 Å². The highest BCUT2D eigenvalue weighted by atomic mass is 35.6. The summed E-state index contributed by atoms with van der Waals surface area (Å²) in [6.45, 7) is 4.90. The van der Waals surface area contributed by atoms with Crippen LogP contribution in [0.5, 0.6) is 0 Å². The van der Waals surface area contributed by atoms with Crippen LogP contribution in [0.1, 0.15) is 69.5 Å². The van der Waals surface area contributed by atoms with Crippen LogP contribution >= 0.6 is 69.6 Å². The predicted molar refractivity (Wildman–Crippen MR) is 231 cm³/mol. The van der Waals surface area contributed by atoms with Crippen molar-refractivity contribution in [2.24, 2.45) is 28.6 Å². The molecular formula is C44H44Cl6O14. The summed E-state index contributed by atoms with van der Waals surface area (Å²) >= 11 is 36.1. The zero-order valence-corrected chi connectivity index (χ0v) is 39.5. The number of ketones is 1. The molecule has 2 aliphatic heterocycles. The van der Waals surface area contributed by atoms with Crippen molar-refractivity contribution >= 4 is 105 Å². The summed E-state index contributed by atoms with van der Waals surface area (Å²) in [6, 6.07) is 16.6. The van der Waals surface area contributed by atoms with Crippen molar-refractivity contribution in [3.63, 3.8) is 0 Å². The van der Waals surface area contributed by atoms with E-state index >= 15 is 4.79 Å². The molecule has 20 heteroatoms. The number of hydrogen-bond acceptors (Lipinski definition) is 14. The fourth-order valence-corrected chi connectivity index (χ4v) is 10.6. The molecule has 5 aliphatic rings. The highest BCUT2D eigenvalue weighted by molar-refractivity contribution is 6.68. The zero-order chi connectivity index (χ0) is 46.9. The molecule has 7 rings (SSSR count). The van der Waals surface area contributed by atoms with E-state index in [4.69, 9.17) is 103 Å². The van der Waals surface area contributed by atoms with E-state index in [1.165, 1.54) is 39.8 Å². The third kappa shape index (κ3) is 8.76. The van der Waals surface area contributed by atoms with E-state index in [2.05, 4.69) is 0 Å². The Morgan fingerprint density at radius 1 is 0.828 bits per heavy atom. The standard InChI is InChI=1S/C44H44Cl6O14/c1-21-26(61-38(56)31-30(62-31)23-12-8-6-9-13-23)17-42(57)34(63-35(53)24-14-10-7-11-15-24)32-40(5,33(52)28(29(21)39(42,3)4)37(55)60-20-44(48,49)50)25(36(54)59-19-43(45,46)47)16-27-41(32,18-58-27)64-22(2)51/h6-15,25-28,30-32,34,57H,16-20H2,1-5H3/t25-,26+,27-,28-,30-,31-,32+,34+,40-,41+,42-/m1/s1. The normalized spacial score (nSPS) is 34.0. The number of alkyl halides is 6. The number of Topliss-reactive ketones (excluding diaryl/α,β-unsaturated/α-hetero) is 1. The van der Waals surface area contributed by atoms with Gasteiger partial charge in [-0.3, -0.25) is 19.2 Å². The van der Waals surface area contributed by atoms with Crippen LogP contribution in [0, 0.1) is 28.6 Å². The van der Waals surface area contributed by atoms with E-state index in [1.807, 2.05) is 0 Å². The van der Waals surface area contributed by atoms with Crippen molar-refractivity contribution in [3.05, 3.63) is 82.9 Å². The number of ether oxygens (including phenoxy) is 7. The molecule has 2 bridgehead atoms. The lowest BCUT2D eigenvalue weighted by Gasteiger charge is -2.67. The molecule has 2 aromatic carbocycles. The van der Waals surface area contributed by atoms with Gasteiger partial charge in [0.25, 0.3) is 0 Å². The molecule has 2 aromatic rings. The average molecular weight is 1010 g/mol. The molecule has 64 heavy (non-hydrogen) atoms. The number of epoxide rings is 1. The molecule has 0 aromatic heterocycles. The first-order valence-electron chi connectivity index (χ1n) is 20.2. The van der Waals surface area contributed by atoms with Crippen molar-refractivity contribution in [2.45, 2.75) is 96.8 Å². The quantitative estimate of drug-likeness (QED) is 0.0633. The van der Waals surface area contributed by atoms with Crippen molar-refractivity contribution in [1.82, 2.24) is 0 Å². The van der Waals surface area contributed by atoms with Crippen LogP contribution in [0.4, 0.5) is 0 Å². The SMILES string of the molecule is CC(=O)O[C@@]12CO[C@@H]1C[C@H](C(=O)OCC(Cl)(Cl)Cl)[C@@]1(C)C(=O)[C@H](C(=O)OCC(Cl)(Cl)Cl)C3=C(C)[C@@H](OC(=O)[C@@H]4O[C@@H]4c4ccccc4)C[C@@](O)([C@@H](OC(=O)c4ccccc4)[C@H]21)C3(C)C. The maximum absolute atomic E-state index is 16.2. The average Bonchev–Trinajstić information content (AvgIpc) is 4.02. The van der Waals surface area contributed by atoms with E-state index in [-0.39, 0.29) is 23.1 Å². The van der Waals surface area contributed by atoms with Crippen LogP contribution in [0.2, 0.25) is 0 Å². The smallest absolute Gasteiger partial charge is 0.339 e. The third-order valence-corrected chi connectivity index (χ3v) is 14.0. The van der Waals surface area contributed by atoms with Gasteiger partial charge >= 0.3 is 29.8 Å². The second-order valence-corrected chi connectivity index (χ2v) is 22.5. The summed E-state index contributed by atoms with van der Waals surface area (Å²) in [5.74, 6) is -11.5. The molecule has 4 fully saturated rings. The van der Waals surface area contributed by atoms with Crippen molar-refractivity contribution in [3.8, 4) is 0 Å². The molecule has 3 aliphatic carbocycles. The topological polar surface area (TPSA) is 191 Å². The first-order chi connectivity index (χ1) is 29.8. The predicted octanol–water partition coefficient (Wildman–Crippen LogP) is 7.11. The Hall–Kier alpha value is -3.18. The number of carbonyl (C=O) groups is 6. The van der Waals surface area contributed by atoms with Gasteiger partial charge in [-0.15, -0.1) is 0 Å². The molecule has 0 spiro atoms. The van der Waals surface area contributed by atoms with E-state index < -0.39 is 140 Å². The molecule has 0 amide bonds. The van der Waals surface area contributed by atoms with E-state index in [9.17, 15) is 29.1 Å². The summed E-state index contributed by atoms with van der Waals surface area (Å²) in [4.78, 5) is 87.1. The number of fused-ring (bicyclic) bond motifs is 5. The van der Waals surface area contributed by atoms with Crippen LogP contribution in [-0.2, 0) is 57.1 Å². The number of rotatable bonds is 10. The van der Waals surface area contributed by atoms with Crippen molar-refractivity contribution in [2.75, 3.05) is 19.8 Å². The van der Waals surface area contributed by atoms with Crippen LogP contribution in [0.3, 0.4) is 0 Å². The van der Waals surface area contributed by atoms with Crippen LogP contribution in [-0.4, -0.2) is 104 Å². The lowest BCUT2D eigenvalue weighted by atomic mass is 9.42. The second kappa shape index (κ2) is 17.5. The van der Waals surface area contributed by atoms with Gasteiger partial charge in [-0.1, -0.05) is 139 Å². The molecular weight excluding hydrogens is 965 g/mol. The minimum atomic E-state index is -2.47. The Balaban J connectivity index is 1.48. The fourth-order valence-electron chi connectivity index (χ4n) is 10.3. The van der Waals surface area contributed by atoms with Crippen LogP contribution in [0.25, 0.3) is 0 Å². The van der Waals surface area contributed by atoms with Gasteiger partial charge in [-0.2, -0.15) is 0 Å². The Morgan fingerprint density at radius 2 is 1.41 bits per heavy atom. The number of carbonyl (C=O) groups excluding carboxylic acids is 6.